The molecule has 0 heterocycles. The van der Waals surface area contributed by atoms with E-state index in [4.69, 9.17) is 16.9 Å². The standard InChI is InChI=1S/C11H10ClNO3/c12-9-3-1-2-7(8(9)6-14)11(16)10(15)4-5-13/h1-3,6,10-11,15-16H,4H2. The number of nitrogens with zero attached hydrogens (tertiary/aromatic N) is 1. The van der Waals surface area contributed by atoms with Crippen LogP contribution in [0.25, 0.3) is 0 Å². The van der Waals surface area contributed by atoms with Gasteiger partial charge in [-0.15, -0.1) is 0 Å². The van der Waals surface area contributed by atoms with E-state index in [2.05, 4.69) is 0 Å². The number of carbonyl (C=O) groups is 1. The molecule has 2 unspecified atom stereocenters. The van der Waals surface area contributed by atoms with Crippen LogP contribution in [0.2, 0.25) is 5.02 Å². The van der Waals surface area contributed by atoms with Gasteiger partial charge in [0.15, 0.2) is 6.29 Å². The van der Waals surface area contributed by atoms with E-state index >= 15 is 0 Å². The van der Waals surface area contributed by atoms with Gasteiger partial charge in [0.2, 0.25) is 0 Å². The Kier molecular flexibility index (Phi) is 4.44. The fourth-order valence-electron chi connectivity index (χ4n) is 1.35. The van der Waals surface area contributed by atoms with Gasteiger partial charge in [0.1, 0.15) is 6.10 Å². The third-order valence-corrected chi connectivity index (χ3v) is 2.52. The number of halogens is 1. The summed E-state index contributed by atoms with van der Waals surface area (Å²) in [6.07, 6.45) is -2.23. The van der Waals surface area contributed by atoms with E-state index in [1.54, 1.807) is 12.1 Å². The number of hydrogen-bond donors (Lipinski definition) is 2. The first-order chi connectivity index (χ1) is 7.61. The van der Waals surface area contributed by atoms with Crippen LogP contribution in [0.4, 0.5) is 0 Å². The Morgan fingerprint density at radius 1 is 1.50 bits per heavy atom. The van der Waals surface area contributed by atoms with Gasteiger partial charge in [-0.3, -0.25) is 4.79 Å². The van der Waals surface area contributed by atoms with E-state index in [-0.39, 0.29) is 22.6 Å². The van der Waals surface area contributed by atoms with E-state index in [1.165, 1.54) is 12.1 Å². The molecule has 0 saturated carbocycles. The van der Waals surface area contributed by atoms with Crippen molar-refractivity contribution in [3.63, 3.8) is 0 Å². The van der Waals surface area contributed by atoms with Crippen LogP contribution < -0.4 is 0 Å². The van der Waals surface area contributed by atoms with Crippen LogP contribution in [0.1, 0.15) is 28.4 Å². The molecule has 0 aliphatic rings. The second-order valence-corrected chi connectivity index (χ2v) is 3.64. The maximum absolute atomic E-state index is 10.8. The minimum Gasteiger partial charge on any atom is -0.389 e. The lowest BCUT2D eigenvalue weighted by Crippen LogP contribution is -2.18. The molecule has 0 radical (unpaired) electrons. The predicted molar refractivity (Wildman–Crippen MR) is 58.0 cm³/mol. The minimum atomic E-state index is -1.29. The molecule has 1 rings (SSSR count). The SMILES string of the molecule is N#CCC(O)C(O)c1cccc(Cl)c1C=O. The van der Waals surface area contributed by atoms with Gasteiger partial charge in [0.25, 0.3) is 0 Å². The van der Waals surface area contributed by atoms with Crippen LogP contribution in [0.15, 0.2) is 18.2 Å². The van der Waals surface area contributed by atoms with E-state index in [1.807, 2.05) is 0 Å². The van der Waals surface area contributed by atoms with Crippen LogP contribution in [-0.4, -0.2) is 22.6 Å². The molecule has 0 saturated heterocycles. The number of rotatable bonds is 4. The molecule has 0 bridgehead atoms. The number of aliphatic hydroxyl groups is 2. The molecule has 16 heavy (non-hydrogen) atoms. The lowest BCUT2D eigenvalue weighted by molar-refractivity contribution is 0.0213. The quantitative estimate of drug-likeness (QED) is 0.780. The fourth-order valence-corrected chi connectivity index (χ4v) is 1.57. The fraction of sp³-hybridized carbons (Fsp3) is 0.273. The molecular formula is C11H10ClNO3. The molecule has 0 fully saturated rings. The summed E-state index contributed by atoms with van der Waals surface area (Å²) in [5, 5.41) is 27.8. The lowest BCUT2D eigenvalue weighted by atomic mass is 9.98. The maximum Gasteiger partial charge on any atom is 0.151 e. The Morgan fingerprint density at radius 3 is 2.75 bits per heavy atom. The summed E-state index contributed by atoms with van der Waals surface area (Å²) < 4.78 is 0. The first-order valence-corrected chi connectivity index (χ1v) is 4.96. The van der Waals surface area contributed by atoms with Gasteiger partial charge in [0, 0.05) is 5.56 Å². The Labute approximate surface area is 97.7 Å². The second-order valence-electron chi connectivity index (χ2n) is 3.24. The molecule has 0 amide bonds. The molecule has 0 aliphatic heterocycles. The van der Waals surface area contributed by atoms with Gasteiger partial charge in [-0.05, 0) is 11.6 Å². The number of benzene rings is 1. The molecule has 5 heteroatoms. The molecular weight excluding hydrogens is 230 g/mol. The van der Waals surface area contributed by atoms with Crippen molar-refractivity contribution in [2.45, 2.75) is 18.6 Å². The molecule has 0 spiro atoms. The zero-order valence-corrected chi connectivity index (χ0v) is 9.05. The van der Waals surface area contributed by atoms with Crippen LogP contribution >= 0.6 is 11.6 Å². The van der Waals surface area contributed by atoms with Gasteiger partial charge in [-0.1, -0.05) is 23.7 Å². The molecule has 4 nitrogen and oxygen atoms in total. The van der Waals surface area contributed by atoms with Crippen molar-refractivity contribution in [3.05, 3.63) is 34.3 Å². The van der Waals surface area contributed by atoms with Crippen LogP contribution in [0, 0.1) is 11.3 Å². The molecule has 0 aliphatic carbocycles. The highest BCUT2D eigenvalue weighted by Crippen LogP contribution is 2.26. The highest BCUT2D eigenvalue weighted by molar-refractivity contribution is 6.33. The zero-order chi connectivity index (χ0) is 12.1. The first-order valence-electron chi connectivity index (χ1n) is 4.58. The summed E-state index contributed by atoms with van der Waals surface area (Å²) >= 11 is 5.77. The summed E-state index contributed by atoms with van der Waals surface area (Å²) in [6.45, 7) is 0. The number of carbonyl (C=O) groups excluding carboxylic acids is 1. The first kappa shape index (κ1) is 12.7. The highest BCUT2D eigenvalue weighted by Gasteiger charge is 2.21. The Hall–Kier alpha value is -1.41. The summed E-state index contributed by atoms with van der Waals surface area (Å²) in [7, 11) is 0. The average Bonchev–Trinajstić information content (AvgIpc) is 2.28. The van der Waals surface area contributed by atoms with Gasteiger partial charge >= 0.3 is 0 Å². The number of hydrogen-bond acceptors (Lipinski definition) is 4. The van der Waals surface area contributed by atoms with Crippen LogP contribution in [0.5, 0.6) is 0 Å². The monoisotopic (exact) mass is 239 g/mol. The normalized spacial score (nSPS) is 13.9. The summed E-state index contributed by atoms with van der Waals surface area (Å²) in [5.74, 6) is 0. The third-order valence-electron chi connectivity index (χ3n) is 2.19. The van der Waals surface area contributed by atoms with E-state index in [0.29, 0.717) is 6.29 Å². The topological polar surface area (TPSA) is 81.3 Å². The van der Waals surface area contributed by atoms with Crippen molar-refractivity contribution >= 4 is 17.9 Å². The van der Waals surface area contributed by atoms with E-state index in [0.717, 1.165) is 0 Å². The second kappa shape index (κ2) is 5.61. The highest BCUT2D eigenvalue weighted by atomic mass is 35.5. The van der Waals surface area contributed by atoms with Crippen molar-refractivity contribution in [1.29, 1.82) is 5.26 Å². The van der Waals surface area contributed by atoms with Gasteiger partial charge in [-0.25, -0.2) is 0 Å². The molecule has 0 aromatic heterocycles. The Morgan fingerprint density at radius 2 is 2.19 bits per heavy atom. The van der Waals surface area contributed by atoms with Crippen molar-refractivity contribution in [2.24, 2.45) is 0 Å². The molecule has 84 valence electrons. The number of nitriles is 1. The number of aldehydes is 1. The largest absolute Gasteiger partial charge is 0.389 e. The minimum absolute atomic E-state index is 0.133. The predicted octanol–water partition coefficient (Wildman–Crippen LogP) is 1.46. The Bertz CT molecular complexity index is 428. The summed E-state index contributed by atoms with van der Waals surface area (Å²) in [5.41, 5.74) is 0.360. The molecule has 2 atom stereocenters. The van der Waals surface area contributed by atoms with E-state index < -0.39 is 12.2 Å². The van der Waals surface area contributed by atoms with Crippen molar-refractivity contribution in [3.8, 4) is 6.07 Å². The summed E-state index contributed by atoms with van der Waals surface area (Å²) in [6, 6.07) is 6.30. The van der Waals surface area contributed by atoms with Gasteiger partial charge < -0.3 is 10.2 Å². The average molecular weight is 240 g/mol. The number of aliphatic hydroxyl groups excluding tert-OH is 2. The molecule has 2 N–H and O–H groups in total. The molecule has 1 aromatic rings. The third kappa shape index (κ3) is 2.58. The lowest BCUT2D eigenvalue weighted by Gasteiger charge is -2.17. The van der Waals surface area contributed by atoms with Crippen LogP contribution in [-0.2, 0) is 0 Å². The Balaban J connectivity index is 3.08. The van der Waals surface area contributed by atoms with E-state index in [9.17, 15) is 15.0 Å². The zero-order valence-electron chi connectivity index (χ0n) is 8.30. The summed E-state index contributed by atoms with van der Waals surface area (Å²) in [4.78, 5) is 10.8. The van der Waals surface area contributed by atoms with Gasteiger partial charge in [-0.2, -0.15) is 5.26 Å². The van der Waals surface area contributed by atoms with Crippen molar-refractivity contribution in [2.75, 3.05) is 0 Å². The molecule has 1 aromatic carbocycles. The van der Waals surface area contributed by atoms with Gasteiger partial charge in [0.05, 0.1) is 23.6 Å². The smallest absolute Gasteiger partial charge is 0.151 e. The van der Waals surface area contributed by atoms with Crippen molar-refractivity contribution in [1.82, 2.24) is 0 Å². The van der Waals surface area contributed by atoms with Crippen molar-refractivity contribution < 1.29 is 15.0 Å². The van der Waals surface area contributed by atoms with Crippen LogP contribution in [0.3, 0.4) is 0 Å². The maximum atomic E-state index is 10.8.